The van der Waals surface area contributed by atoms with Gasteiger partial charge in [-0.3, -0.25) is 15.0 Å². The summed E-state index contributed by atoms with van der Waals surface area (Å²) in [5.41, 5.74) is 2.85. The summed E-state index contributed by atoms with van der Waals surface area (Å²) in [5.74, 6) is 0.431. The highest BCUT2D eigenvalue weighted by Gasteiger charge is 2.35. The molecule has 0 aliphatic carbocycles. The average molecular weight is 403 g/mol. The summed E-state index contributed by atoms with van der Waals surface area (Å²) in [7, 11) is 0. The number of rotatable bonds is 10. The number of hydroxylamine groups is 1. The van der Waals surface area contributed by atoms with Crippen molar-refractivity contribution in [3.8, 4) is 0 Å². The number of likely N-dealkylation sites (N-methyl/N-ethyl adjacent to an activating group) is 1. The zero-order valence-electron chi connectivity index (χ0n) is 18.7. The lowest BCUT2D eigenvalue weighted by molar-refractivity contribution is -0.124. The molecule has 6 heteroatoms. The number of hydrogen-bond donors (Lipinski definition) is 2. The fraction of sp³-hybridized carbons (Fsp3) is 0.652. The maximum absolute atomic E-state index is 11.2. The second kappa shape index (κ2) is 10.7. The van der Waals surface area contributed by atoms with Crippen molar-refractivity contribution >= 4 is 11.7 Å². The number of carbonyl (C=O) groups excluding carboxylic acids is 1. The van der Waals surface area contributed by atoms with E-state index in [0.717, 1.165) is 37.5 Å². The highest BCUT2D eigenvalue weighted by molar-refractivity contribution is 5.98. The van der Waals surface area contributed by atoms with Gasteiger partial charge in [0.15, 0.2) is 0 Å². The minimum absolute atomic E-state index is 0.290. The van der Waals surface area contributed by atoms with Crippen LogP contribution in [0.3, 0.4) is 0 Å². The average Bonchev–Trinajstić information content (AvgIpc) is 3.03. The molecular formula is C23H38N4O2. The summed E-state index contributed by atoms with van der Waals surface area (Å²) in [6.45, 7) is 14.5. The van der Waals surface area contributed by atoms with Crippen molar-refractivity contribution in [1.29, 1.82) is 0 Å². The highest BCUT2D eigenvalue weighted by atomic mass is 16.5. The third-order valence-corrected chi connectivity index (χ3v) is 5.55. The van der Waals surface area contributed by atoms with Gasteiger partial charge in [0.25, 0.3) is 5.91 Å². The quantitative estimate of drug-likeness (QED) is 0.330. The molecule has 2 N–H and O–H groups in total. The molecule has 2 aliphatic heterocycles. The fourth-order valence-corrected chi connectivity index (χ4v) is 3.67. The standard InChI is InChI=1S/C23H38N4O2/c1-6-8-9-19-20(17-26(7-2)15-13-23(3,4)5)27-14-12-18(16-21(27)24-19)10-11-22(28)25-29/h10-12,14,16,19-20,29H,6-9,13,15,17H2,1-5H3,(H,25,28)/b11-10+. The van der Waals surface area contributed by atoms with Gasteiger partial charge < -0.3 is 9.80 Å². The summed E-state index contributed by atoms with van der Waals surface area (Å²) in [6.07, 6.45) is 13.7. The van der Waals surface area contributed by atoms with Gasteiger partial charge in [0.05, 0.1) is 12.1 Å². The van der Waals surface area contributed by atoms with Gasteiger partial charge in [-0.15, -0.1) is 0 Å². The van der Waals surface area contributed by atoms with Crippen LogP contribution in [0.4, 0.5) is 0 Å². The van der Waals surface area contributed by atoms with Crippen molar-refractivity contribution in [3.63, 3.8) is 0 Å². The molecule has 0 aromatic rings. The molecule has 0 spiro atoms. The maximum atomic E-state index is 11.2. The van der Waals surface area contributed by atoms with Gasteiger partial charge in [-0.25, -0.2) is 5.48 Å². The third-order valence-electron chi connectivity index (χ3n) is 5.55. The number of nitrogens with one attached hydrogen (secondary N) is 1. The molecule has 2 rings (SSSR count). The number of allylic oxidation sites excluding steroid dienone is 3. The van der Waals surface area contributed by atoms with Crippen LogP contribution < -0.4 is 5.48 Å². The Labute approximate surface area is 176 Å². The number of unbranched alkanes of at least 4 members (excludes halogenated alkanes) is 1. The van der Waals surface area contributed by atoms with E-state index in [2.05, 4.69) is 50.6 Å². The molecule has 2 aliphatic rings. The van der Waals surface area contributed by atoms with Crippen LogP contribution in [0.15, 0.2) is 41.1 Å². The molecule has 0 aromatic heterocycles. The maximum Gasteiger partial charge on any atom is 0.267 e. The van der Waals surface area contributed by atoms with Crippen molar-refractivity contribution in [2.24, 2.45) is 10.4 Å². The molecule has 2 atom stereocenters. The minimum Gasteiger partial charge on any atom is -0.327 e. The second-order valence-corrected chi connectivity index (χ2v) is 9.14. The molecule has 0 saturated heterocycles. The van der Waals surface area contributed by atoms with Crippen LogP contribution in [-0.4, -0.2) is 58.5 Å². The molecule has 6 nitrogen and oxygen atoms in total. The topological polar surface area (TPSA) is 68.2 Å². The van der Waals surface area contributed by atoms with E-state index in [-0.39, 0.29) is 0 Å². The van der Waals surface area contributed by atoms with E-state index in [1.54, 1.807) is 11.6 Å². The van der Waals surface area contributed by atoms with Gasteiger partial charge in [0.2, 0.25) is 0 Å². The van der Waals surface area contributed by atoms with Crippen LogP contribution in [0.2, 0.25) is 0 Å². The number of carbonyl (C=O) groups is 1. The van der Waals surface area contributed by atoms with Crippen molar-refractivity contribution in [1.82, 2.24) is 15.3 Å². The number of amides is 1. The number of amidine groups is 1. The van der Waals surface area contributed by atoms with Crippen LogP contribution in [-0.2, 0) is 4.79 Å². The van der Waals surface area contributed by atoms with E-state index in [9.17, 15) is 4.79 Å². The van der Waals surface area contributed by atoms with Crippen molar-refractivity contribution in [3.05, 3.63) is 36.1 Å². The van der Waals surface area contributed by atoms with E-state index in [1.165, 1.54) is 25.3 Å². The Morgan fingerprint density at radius 1 is 1.38 bits per heavy atom. The summed E-state index contributed by atoms with van der Waals surface area (Å²) in [6, 6.07) is 0.633. The van der Waals surface area contributed by atoms with Crippen molar-refractivity contribution in [2.75, 3.05) is 19.6 Å². The molecule has 0 aromatic carbocycles. The Hall–Kier alpha value is -1.92. The zero-order chi connectivity index (χ0) is 21.4. The van der Waals surface area contributed by atoms with Crippen LogP contribution >= 0.6 is 0 Å². The second-order valence-electron chi connectivity index (χ2n) is 9.14. The Balaban J connectivity index is 2.12. The zero-order valence-corrected chi connectivity index (χ0v) is 18.7. The van der Waals surface area contributed by atoms with Crippen molar-refractivity contribution < 1.29 is 10.0 Å². The lowest BCUT2D eigenvalue weighted by atomic mass is 9.92. The van der Waals surface area contributed by atoms with Gasteiger partial charge in [0, 0.05) is 18.8 Å². The number of hydrogen-bond acceptors (Lipinski definition) is 5. The van der Waals surface area contributed by atoms with Gasteiger partial charge in [-0.2, -0.15) is 0 Å². The largest absolute Gasteiger partial charge is 0.327 e. The van der Waals surface area contributed by atoms with Gasteiger partial charge in [-0.1, -0.05) is 47.5 Å². The van der Waals surface area contributed by atoms with E-state index in [0.29, 0.717) is 17.5 Å². The molecule has 0 fully saturated rings. The number of aliphatic imine (C=N–C) groups is 1. The Morgan fingerprint density at radius 3 is 2.76 bits per heavy atom. The molecule has 2 unspecified atom stereocenters. The summed E-state index contributed by atoms with van der Waals surface area (Å²) < 4.78 is 0. The number of nitrogens with zero attached hydrogens (tertiary/aromatic N) is 3. The predicted molar refractivity (Wildman–Crippen MR) is 119 cm³/mol. The molecule has 29 heavy (non-hydrogen) atoms. The molecule has 162 valence electrons. The fourth-order valence-electron chi connectivity index (χ4n) is 3.67. The van der Waals surface area contributed by atoms with Crippen LogP contribution in [0.1, 0.15) is 60.3 Å². The Bertz CT molecular complexity index is 673. The first-order valence-electron chi connectivity index (χ1n) is 10.9. The first kappa shape index (κ1) is 23.4. The van der Waals surface area contributed by atoms with Gasteiger partial charge in [-0.05, 0) is 55.1 Å². The monoisotopic (exact) mass is 402 g/mol. The summed E-state index contributed by atoms with van der Waals surface area (Å²) in [4.78, 5) is 21.1. The van der Waals surface area contributed by atoms with Crippen LogP contribution in [0, 0.1) is 5.41 Å². The van der Waals surface area contributed by atoms with E-state index < -0.39 is 5.91 Å². The Morgan fingerprint density at radius 2 is 2.14 bits per heavy atom. The van der Waals surface area contributed by atoms with Crippen LogP contribution in [0.25, 0.3) is 0 Å². The molecule has 2 heterocycles. The lowest BCUT2D eigenvalue weighted by Gasteiger charge is -2.34. The first-order valence-corrected chi connectivity index (χ1v) is 10.9. The van der Waals surface area contributed by atoms with Crippen LogP contribution in [0.5, 0.6) is 0 Å². The van der Waals surface area contributed by atoms with E-state index in [1.807, 2.05) is 12.2 Å². The Kier molecular flexibility index (Phi) is 8.65. The first-order chi connectivity index (χ1) is 13.8. The predicted octanol–water partition coefficient (Wildman–Crippen LogP) is 3.90. The molecular weight excluding hydrogens is 364 g/mol. The van der Waals surface area contributed by atoms with E-state index in [4.69, 9.17) is 10.2 Å². The summed E-state index contributed by atoms with van der Waals surface area (Å²) >= 11 is 0. The molecule has 0 saturated carbocycles. The number of fused-ring (bicyclic) bond motifs is 1. The van der Waals surface area contributed by atoms with Gasteiger partial charge >= 0.3 is 0 Å². The van der Waals surface area contributed by atoms with Crippen molar-refractivity contribution in [2.45, 2.75) is 72.4 Å². The third kappa shape index (κ3) is 7.12. The smallest absolute Gasteiger partial charge is 0.267 e. The van der Waals surface area contributed by atoms with Gasteiger partial charge in [0.1, 0.15) is 5.84 Å². The summed E-state index contributed by atoms with van der Waals surface area (Å²) in [5, 5.41) is 8.64. The minimum atomic E-state index is -0.536. The molecule has 0 radical (unpaired) electrons. The normalized spacial score (nSPS) is 21.6. The van der Waals surface area contributed by atoms with E-state index >= 15 is 0 Å². The highest BCUT2D eigenvalue weighted by Crippen LogP contribution is 2.28. The molecule has 1 amide bonds. The molecule has 0 bridgehead atoms. The lowest BCUT2D eigenvalue weighted by Crippen LogP contribution is -2.46. The SMILES string of the molecule is CCCCC1N=C2C=C(/C=C/C(=O)NO)C=CN2C1CN(CC)CCC(C)(C)C.